The Kier molecular flexibility index (Phi) is 4.60. The van der Waals surface area contributed by atoms with Crippen molar-refractivity contribution in [2.45, 2.75) is 38.1 Å². The van der Waals surface area contributed by atoms with Gasteiger partial charge in [-0.1, -0.05) is 6.92 Å². The topological polar surface area (TPSA) is 77.2 Å². The second-order valence-electron chi connectivity index (χ2n) is 5.68. The number of carbonyl (C=O) groups excluding carboxylic acids is 1. The van der Waals surface area contributed by atoms with Crippen LogP contribution < -0.4 is 15.8 Å². The third-order valence-electron chi connectivity index (χ3n) is 4.21. The maximum absolute atomic E-state index is 12.5. The molecule has 0 saturated heterocycles. The Morgan fingerprint density at radius 3 is 2.85 bits per heavy atom. The summed E-state index contributed by atoms with van der Waals surface area (Å²) in [6, 6.07) is 3.45. The van der Waals surface area contributed by atoms with E-state index in [1.165, 1.54) is 7.11 Å². The molecule has 0 bridgehead atoms. The van der Waals surface area contributed by atoms with E-state index in [0.717, 1.165) is 25.7 Å². The van der Waals surface area contributed by atoms with Gasteiger partial charge in [-0.2, -0.15) is 0 Å². The summed E-state index contributed by atoms with van der Waals surface area (Å²) in [7, 11) is 1.51. The summed E-state index contributed by atoms with van der Waals surface area (Å²) in [4.78, 5) is 16.5. The van der Waals surface area contributed by atoms with Crippen molar-refractivity contribution in [2.24, 2.45) is 11.7 Å². The van der Waals surface area contributed by atoms with Crippen molar-refractivity contribution in [3.8, 4) is 5.88 Å². The van der Waals surface area contributed by atoms with Crippen LogP contribution in [0.2, 0.25) is 0 Å². The fraction of sp³-hybridized carbons (Fsp3) is 0.600. The van der Waals surface area contributed by atoms with Crippen LogP contribution in [-0.2, 0) is 0 Å². The predicted molar refractivity (Wildman–Crippen MR) is 77.7 cm³/mol. The number of hydrogen-bond donors (Lipinski definition) is 2. The number of hydrogen-bond acceptors (Lipinski definition) is 4. The molecule has 3 N–H and O–H groups in total. The number of methoxy groups -OCH3 is 1. The van der Waals surface area contributed by atoms with Gasteiger partial charge in [0.05, 0.1) is 12.6 Å². The zero-order chi connectivity index (χ0) is 14.6. The lowest BCUT2D eigenvalue weighted by Crippen LogP contribution is -2.55. The van der Waals surface area contributed by atoms with Crippen LogP contribution in [-0.4, -0.2) is 30.1 Å². The number of nitrogens with two attached hydrogens (primary N) is 1. The van der Waals surface area contributed by atoms with Crippen LogP contribution in [0.4, 0.5) is 0 Å². The Balaban J connectivity index is 2.13. The molecule has 0 radical (unpaired) electrons. The van der Waals surface area contributed by atoms with Crippen molar-refractivity contribution in [1.29, 1.82) is 0 Å². The van der Waals surface area contributed by atoms with Gasteiger partial charge in [-0.25, -0.2) is 4.98 Å². The molecule has 1 aliphatic rings. The Bertz CT molecular complexity index is 468. The molecule has 1 aliphatic carbocycles. The van der Waals surface area contributed by atoms with Crippen molar-refractivity contribution >= 4 is 5.91 Å². The first-order valence-corrected chi connectivity index (χ1v) is 7.12. The number of ether oxygens (including phenoxy) is 1. The average Bonchev–Trinajstić information content (AvgIpc) is 2.49. The van der Waals surface area contributed by atoms with Crippen LogP contribution in [0, 0.1) is 5.92 Å². The lowest BCUT2D eigenvalue weighted by Gasteiger charge is -2.39. The highest BCUT2D eigenvalue weighted by Gasteiger charge is 2.35. The minimum Gasteiger partial charge on any atom is -0.480 e. The molecule has 5 heteroatoms. The van der Waals surface area contributed by atoms with Crippen LogP contribution in [0.25, 0.3) is 0 Å². The maximum atomic E-state index is 12.5. The zero-order valence-electron chi connectivity index (χ0n) is 12.2. The van der Waals surface area contributed by atoms with Gasteiger partial charge in [0.15, 0.2) is 0 Å². The van der Waals surface area contributed by atoms with Crippen LogP contribution in [0.15, 0.2) is 18.3 Å². The van der Waals surface area contributed by atoms with E-state index in [4.69, 9.17) is 10.5 Å². The molecule has 2 rings (SSSR count). The van der Waals surface area contributed by atoms with Crippen molar-refractivity contribution < 1.29 is 9.53 Å². The van der Waals surface area contributed by atoms with E-state index >= 15 is 0 Å². The first kappa shape index (κ1) is 14.8. The van der Waals surface area contributed by atoms with Gasteiger partial charge in [0.2, 0.25) is 5.88 Å². The monoisotopic (exact) mass is 277 g/mol. The second-order valence-corrected chi connectivity index (χ2v) is 5.68. The lowest BCUT2D eigenvalue weighted by molar-refractivity contribution is 0.0856. The number of carbonyl (C=O) groups is 1. The van der Waals surface area contributed by atoms with Crippen molar-refractivity contribution in [3.05, 3.63) is 23.9 Å². The average molecular weight is 277 g/mol. The number of rotatable bonds is 4. The number of pyridine rings is 1. The van der Waals surface area contributed by atoms with Crippen molar-refractivity contribution in [1.82, 2.24) is 10.3 Å². The highest BCUT2D eigenvalue weighted by atomic mass is 16.5. The predicted octanol–water partition coefficient (Wildman–Crippen LogP) is 1.73. The summed E-state index contributed by atoms with van der Waals surface area (Å²) in [5, 5.41) is 3.11. The first-order valence-electron chi connectivity index (χ1n) is 7.12. The van der Waals surface area contributed by atoms with Crippen LogP contribution in [0.3, 0.4) is 0 Å². The molecule has 1 aromatic rings. The molecule has 1 saturated carbocycles. The van der Waals surface area contributed by atoms with E-state index in [1.807, 2.05) is 0 Å². The zero-order valence-corrected chi connectivity index (χ0v) is 12.2. The third kappa shape index (κ3) is 3.10. The molecule has 1 aromatic heterocycles. The molecule has 1 heterocycles. The van der Waals surface area contributed by atoms with E-state index < -0.39 is 0 Å². The van der Waals surface area contributed by atoms with E-state index in [9.17, 15) is 4.79 Å². The van der Waals surface area contributed by atoms with Crippen LogP contribution >= 0.6 is 0 Å². The van der Waals surface area contributed by atoms with Crippen molar-refractivity contribution in [2.75, 3.05) is 13.7 Å². The fourth-order valence-corrected chi connectivity index (χ4v) is 2.73. The van der Waals surface area contributed by atoms with E-state index in [-0.39, 0.29) is 11.4 Å². The molecule has 0 unspecified atom stereocenters. The Morgan fingerprint density at radius 1 is 1.55 bits per heavy atom. The Hall–Kier alpha value is -1.62. The van der Waals surface area contributed by atoms with Gasteiger partial charge in [0.1, 0.15) is 5.56 Å². The van der Waals surface area contributed by atoms with Crippen LogP contribution in [0.5, 0.6) is 5.88 Å². The largest absolute Gasteiger partial charge is 0.480 e. The molecule has 0 spiro atoms. The molecule has 0 aromatic carbocycles. The van der Waals surface area contributed by atoms with Gasteiger partial charge in [-0.05, 0) is 43.7 Å². The third-order valence-corrected chi connectivity index (χ3v) is 4.21. The standard InChI is InChI=1S/C15H23N3O2/c1-11-5-7-15(10-16,8-6-11)18-13(19)12-4-3-9-17-14(12)20-2/h3-4,9,11H,5-8,10,16H2,1-2H3,(H,18,19). The van der Waals surface area contributed by atoms with Crippen molar-refractivity contribution in [3.63, 3.8) is 0 Å². The highest BCUT2D eigenvalue weighted by Crippen LogP contribution is 2.31. The number of aromatic nitrogens is 1. The number of nitrogens with one attached hydrogen (secondary N) is 1. The van der Waals surface area contributed by atoms with Gasteiger partial charge in [-0.15, -0.1) is 0 Å². The molecule has 110 valence electrons. The Labute approximate surface area is 119 Å². The van der Waals surface area contributed by atoms with E-state index in [1.54, 1.807) is 18.3 Å². The maximum Gasteiger partial charge on any atom is 0.257 e. The summed E-state index contributed by atoms with van der Waals surface area (Å²) < 4.78 is 5.14. The van der Waals surface area contributed by atoms with Gasteiger partial charge in [-0.3, -0.25) is 4.79 Å². The summed E-state index contributed by atoms with van der Waals surface area (Å²) in [5.74, 6) is 0.899. The highest BCUT2D eigenvalue weighted by molar-refractivity contribution is 5.96. The smallest absolute Gasteiger partial charge is 0.257 e. The minimum atomic E-state index is -0.287. The molecular weight excluding hydrogens is 254 g/mol. The summed E-state index contributed by atoms with van der Waals surface area (Å²) in [6.07, 6.45) is 5.66. The van der Waals surface area contributed by atoms with Gasteiger partial charge in [0.25, 0.3) is 5.91 Å². The molecule has 5 nitrogen and oxygen atoms in total. The molecule has 0 aliphatic heterocycles. The van der Waals surface area contributed by atoms with Gasteiger partial charge < -0.3 is 15.8 Å². The fourth-order valence-electron chi connectivity index (χ4n) is 2.73. The minimum absolute atomic E-state index is 0.157. The molecular formula is C15H23N3O2. The number of nitrogens with zero attached hydrogens (tertiary/aromatic N) is 1. The normalized spacial score (nSPS) is 26.1. The summed E-state index contributed by atoms with van der Waals surface area (Å²) >= 11 is 0. The summed E-state index contributed by atoms with van der Waals surface area (Å²) in [5.41, 5.74) is 6.09. The second kappa shape index (κ2) is 6.22. The number of amides is 1. The summed E-state index contributed by atoms with van der Waals surface area (Å²) in [6.45, 7) is 2.71. The van der Waals surface area contributed by atoms with Gasteiger partial charge in [0, 0.05) is 12.7 Å². The van der Waals surface area contributed by atoms with E-state index in [2.05, 4.69) is 17.2 Å². The van der Waals surface area contributed by atoms with Crippen LogP contribution in [0.1, 0.15) is 43.0 Å². The molecule has 1 amide bonds. The molecule has 1 fully saturated rings. The SMILES string of the molecule is COc1ncccc1C(=O)NC1(CN)CCC(C)CC1. The quantitative estimate of drug-likeness (QED) is 0.878. The Morgan fingerprint density at radius 2 is 2.25 bits per heavy atom. The van der Waals surface area contributed by atoms with Gasteiger partial charge >= 0.3 is 0 Å². The van der Waals surface area contributed by atoms with E-state index in [0.29, 0.717) is 23.9 Å². The molecule has 20 heavy (non-hydrogen) atoms. The first-order chi connectivity index (χ1) is 9.60. The molecule has 0 atom stereocenters. The lowest BCUT2D eigenvalue weighted by atomic mass is 9.77.